The molecule has 0 saturated heterocycles. The number of H-pyrrole nitrogens is 1. The summed E-state index contributed by atoms with van der Waals surface area (Å²) in [6.45, 7) is 0.504. The third-order valence-electron chi connectivity index (χ3n) is 4.68. The largest absolute Gasteiger partial charge is 0.338 e. The van der Waals surface area contributed by atoms with Crippen molar-refractivity contribution in [2.45, 2.75) is 31.6 Å². The van der Waals surface area contributed by atoms with Crippen molar-refractivity contribution >= 4 is 39.9 Å². The summed E-state index contributed by atoms with van der Waals surface area (Å²) in [7, 11) is 1.86. The van der Waals surface area contributed by atoms with Crippen molar-refractivity contribution in [3.63, 3.8) is 0 Å². The average molecular weight is 478 g/mol. The van der Waals surface area contributed by atoms with Crippen molar-refractivity contribution in [2.75, 3.05) is 11.9 Å². The molecule has 0 atom stereocenters. The molecule has 0 radical (unpaired) electrons. The van der Waals surface area contributed by atoms with Crippen LogP contribution in [-0.2, 0) is 13.5 Å². The Morgan fingerprint density at radius 3 is 3.00 bits per heavy atom. The van der Waals surface area contributed by atoms with E-state index in [1.54, 1.807) is 6.07 Å². The van der Waals surface area contributed by atoms with Gasteiger partial charge in [0.1, 0.15) is 5.82 Å². The van der Waals surface area contributed by atoms with Crippen LogP contribution < -0.4 is 10.6 Å². The van der Waals surface area contributed by atoms with Gasteiger partial charge in [0, 0.05) is 30.4 Å². The number of carbonyl (C=O) groups excluding carboxylic acids is 1. The van der Waals surface area contributed by atoms with Gasteiger partial charge in [0.05, 0.1) is 11.3 Å². The number of nitrogens with one attached hydrogen (secondary N) is 3. The smallest absolute Gasteiger partial charge is 0.319 e. The Bertz CT molecular complexity index is 1090. The summed E-state index contributed by atoms with van der Waals surface area (Å²) in [6.07, 6.45) is 3.63. The standard InChI is InChI=1S/C18H20BrN7O2S/c1-26-14(23-24-18(26)29)3-2-8-20-17(27)21-13-7-6-11(19)9-12(13)16-22-15(25-28-16)10-4-5-10/h6-7,9-10H,2-5,8H2,1H3,(H,24,29)(H2,20,21,27). The Morgan fingerprint density at radius 2 is 2.28 bits per heavy atom. The number of hydrogen-bond donors (Lipinski definition) is 3. The van der Waals surface area contributed by atoms with Crippen LogP contribution in [0.15, 0.2) is 27.2 Å². The van der Waals surface area contributed by atoms with Crippen molar-refractivity contribution in [3.05, 3.63) is 39.1 Å². The lowest BCUT2D eigenvalue weighted by atomic mass is 10.2. The number of halogens is 1. The Hall–Kier alpha value is -2.53. The summed E-state index contributed by atoms with van der Waals surface area (Å²) in [6, 6.07) is 5.20. The fourth-order valence-electron chi connectivity index (χ4n) is 2.87. The van der Waals surface area contributed by atoms with Crippen LogP contribution in [0.5, 0.6) is 0 Å². The maximum atomic E-state index is 12.3. The molecular weight excluding hydrogens is 458 g/mol. The number of aromatic nitrogens is 5. The predicted octanol–water partition coefficient (Wildman–Crippen LogP) is 3.92. The second-order valence-electron chi connectivity index (χ2n) is 6.91. The third-order valence-corrected chi connectivity index (χ3v) is 5.54. The molecule has 152 valence electrons. The lowest BCUT2D eigenvalue weighted by Gasteiger charge is -2.10. The van der Waals surface area contributed by atoms with E-state index in [-0.39, 0.29) is 6.03 Å². The lowest BCUT2D eigenvalue weighted by molar-refractivity contribution is 0.252. The minimum absolute atomic E-state index is 0.300. The third kappa shape index (κ3) is 4.73. The molecule has 1 saturated carbocycles. The second kappa shape index (κ2) is 8.46. The molecule has 1 aliphatic rings. The van der Waals surface area contributed by atoms with Crippen LogP contribution in [0.25, 0.3) is 11.5 Å². The summed E-state index contributed by atoms with van der Waals surface area (Å²) in [5.41, 5.74) is 1.28. The van der Waals surface area contributed by atoms with E-state index >= 15 is 0 Å². The van der Waals surface area contributed by atoms with Crippen molar-refractivity contribution < 1.29 is 9.32 Å². The highest BCUT2D eigenvalue weighted by Crippen LogP contribution is 2.39. The number of nitrogens with zero attached hydrogens (tertiary/aromatic N) is 4. The number of hydrogen-bond acceptors (Lipinski definition) is 6. The van der Waals surface area contributed by atoms with Gasteiger partial charge in [-0.1, -0.05) is 21.1 Å². The van der Waals surface area contributed by atoms with Gasteiger partial charge in [-0.2, -0.15) is 10.1 Å². The molecule has 2 heterocycles. The summed E-state index contributed by atoms with van der Waals surface area (Å²) in [5.74, 6) is 2.38. The van der Waals surface area contributed by atoms with Gasteiger partial charge in [0.2, 0.25) is 0 Å². The van der Waals surface area contributed by atoms with Crippen molar-refractivity contribution in [2.24, 2.45) is 7.05 Å². The molecule has 11 heteroatoms. The Labute approximate surface area is 180 Å². The van der Waals surface area contributed by atoms with Crippen LogP contribution in [0.4, 0.5) is 10.5 Å². The highest BCUT2D eigenvalue weighted by molar-refractivity contribution is 9.10. The van der Waals surface area contributed by atoms with Crippen LogP contribution in [0, 0.1) is 4.77 Å². The molecule has 1 aliphatic carbocycles. The minimum Gasteiger partial charge on any atom is -0.338 e. The van der Waals surface area contributed by atoms with Gasteiger partial charge in [0.15, 0.2) is 10.6 Å². The van der Waals surface area contributed by atoms with Gasteiger partial charge in [-0.3, -0.25) is 5.10 Å². The van der Waals surface area contributed by atoms with E-state index in [2.05, 4.69) is 46.9 Å². The van der Waals surface area contributed by atoms with E-state index in [0.29, 0.717) is 40.8 Å². The van der Waals surface area contributed by atoms with Gasteiger partial charge in [-0.15, -0.1) is 0 Å². The molecule has 9 nitrogen and oxygen atoms in total. The first-order valence-corrected chi connectivity index (χ1v) is 10.5. The second-order valence-corrected chi connectivity index (χ2v) is 8.21. The summed E-state index contributed by atoms with van der Waals surface area (Å²) in [5, 5.41) is 16.7. The summed E-state index contributed by atoms with van der Waals surface area (Å²) >= 11 is 8.55. The van der Waals surface area contributed by atoms with Crippen LogP contribution >= 0.6 is 28.1 Å². The molecule has 2 aromatic heterocycles. The van der Waals surface area contributed by atoms with Gasteiger partial charge >= 0.3 is 6.03 Å². The van der Waals surface area contributed by atoms with Gasteiger partial charge < -0.3 is 19.7 Å². The summed E-state index contributed by atoms with van der Waals surface area (Å²) < 4.78 is 8.68. The number of aryl methyl sites for hydroxylation is 1. The number of rotatable bonds is 7. The highest BCUT2D eigenvalue weighted by Gasteiger charge is 2.29. The first kappa shape index (κ1) is 19.8. The normalized spacial score (nSPS) is 13.4. The molecule has 1 aromatic carbocycles. The Balaban J connectivity index is 1.36. The topological polar surface area (TPSA) is 114 Å². The molecule has 0 unspecified atom stereocenters. The number of aromatic amines is 1. The number of amides is 2. The van der Waals surface area contributed by atoms with Gasteiger partial charge in [-0.05, 0) is 49.7 Å². The van der Waals surface area contributed by atoms with Gasteiger partial charge in [-0.25, -0.2) is 4.79 Å². The van der Waals surface area contributed by atoms with E-state index in [0.717, 1.165) is 35.4 Å². The number of benzene rings is 1. The Kier molecular flexibility index (Phi) is 5.76. The van der Waals surface area contributed by atoms with E-state index in [1.807, 2.05) is 23.7 Å². The molecular formula is C18H20BrN7O2S. The molecule has 0 aliphatic heterocycles. The van der Waals surface area contributed by atoms with E-state index in [9.17, 15) is 4.79 Å². The van der Waals surface area contributed by atoms with Crippen molar-refractivity contribution in [1.82, 2.24) is 30.2 Å². The maximum Gasteiger partial charge on any atom is 0.319 e. The Morgan fingerprint density at radius 1 is 1.45 bits per heavy atom. The number of carbonyl (C=O) groups is 1. The zero-order chi connectivity index (χ0) is 20.4. The molecule has 2 amide bonds. The average Bonchev–Trinajstić information content (AvgIpc) is 3.36. The minimum atomic E-state index is -0.300. The van der Waals surface area contributed by atoms with E-state index in [4.69, 9.17) is 16.7 Å². The molecule has 4 rings (SSSR count). The predicted molar refractivity (Wildman–Crippen MR) is 113 cm³/mol. The molecule has 0 spiro atoms. The van der Waals surface area contributed by atoms with Crippen molar-refractivity contribution in [3.8, 4) is 11.5 Å². The molecule has 3 aromatic rings. The fourth-order valence-corrected chi connectivity index (χ4v) is 3.38. The number of anilines is 1. The molecule has 1 fully saturated rings. The quantitative estimate of drug-likeness (QED) is 0.351. The monoisotopic (exact) mass is 477 g/mol. The van der Waals surface area contributed by atoms with Crippen molar-refractivity contribution in [1.29, 1.82) is 0 Å². The molecule has 0 bridgehead atoms. The first-order valence-electron chi connectivity index (χ1n) is 9.30. The first-order chi connectivity index (χ1) is 14.0. The fraction of sp³-hybridized carbons (Fsp3) is 0.389. The summed E-state index contributed by atoms with van der Waals surface area (Å²) in [4.78, 5) is 16.8. The lowest BCUT2D eigenvalue weighted by Crippen LogP contribution is -2.30. The zero-order valence-electron chi connectivity index (χ0n) is 15.7. The van der Waals surface area contributed by atoms with Crippen LogP contribution in [-0.4, -0.2) is 37.5 Å². The molecule has 29 heavy (non-hydrogen) atoms. The SMILES string of the molecule is Cn1c(CCCNC(=O)Nc2ccc(Br)cc2-c2nc(C3CC3)no2)n[nH]c1=S. The van der Waals surface area contributed by atoms with Crippen LogP contribution in [0.1, 0.15) is 36.8 Å². The maximum absolute atomic E-state index is 12.3. The zero-order valence-corrected chi connectivity index (χ0v) is 18.1. The number of urea groups is 1. The van der Waals surface area contributed by atoms with Crippen LogP contribution in [0.3, 0.4) is 0 Å². The molecule has 3 N–H and O–H groups in total. The van der Waals surface area contributed by atoms with Crippen LogP contribution in [0.2, 0.25) is 0 Å². The van der Waals surface area contributed by atoms with E-state index < -0.39 is 0 Å². The van der Waals surface area contributed by atoms with E-state index in [1.165, 1.54) is 0 Å². The highest BCUT2D eigenvalue weighted by atomic mass is 79.9. The van der Waals surface area contributed by atoms with Gasteiger partial charge in [0.25, 0.3) is 5.89 Å².